The van der Waals surface area contributed by atoms with Crippen LogP contribution in [0.25, 0.3) is 0 Å². The van der Waals surface area contributed by atoms with E-state index in [-0.39, 0.29) is 11.8 Å². The van der Waals surface area contributed by atoms with Gasteiger partial charge in [0, 0.05) is 56.0 Å². The number of amides is 1. The third kappa shape index (κ3) is 3.29. The molecule has 1 N–H and O–H groups in total. The summed E-state index contributed by atoms with van der Waals surface area (Å²) in [5.41, 5.74) is 1.80. The van der Waals surface area contributed by atoms with Crippen molar-refractivity contribution in [2.75, 3.05) is 36.5 Å². The number of morpholine rings is 1. The van der Waals surface area contributed by atoms with Crippen LogP contribution in [-0.4, -0.2) is 41.8 Å². The van der Waals surface area contributed by atoms with Crippen molar-refractivity contribution in [1.29, 1.82) is 0 Å². The standard InChI is InChI=1S/C18H20F2N4O2/c19-14-8-16(17(9-15(14)20)23-3-5-26-6-4-23)22-18(25)12-1-2-24-11-21-10-13(24)7-12/h8-12H,1-7H2,(H,22,25). The van der Waals surface area contributed by atoms with Gasteiger partial charge in [-0.15, -0.1) is 0 Å². The van der Waals surface area contributed by atoms with Gasteiger partial charge in [-0.2, -0.15) is 0 Å². The van der Waals surface area contributed by atoms with E-state index in [0.29, 0.717) is 50.5 Å². The molecule has 0 radical (unpaired) electrons. The second-order valence-electron chi connectivity index (χ2n) is 6.64. The Labute approximate surface area is 149 Å². The Bertz CT molecular complexity index is 818. The fourth-order valence-electron chi connectivity index (χ4n) is 3.53. The monoisotopic (exact) mass is 362 g/mol. The van der Waals surface area contributed by atoms with Crippen LogP contribution in [0.3, 0.4) is 0 Å². The molecule has 138 valence electrons. The summed E-state index contributed by atoms with van der Waals surface area (Å²) in [6.45, 7) is 2.88. The van der Waals surface area contributed by atoms with Crippen molar-refractivity contribution in [1.82, 2.24) is 9.55 Å². The molecule has 8 heteroatoms. The molecule has 0 saturated carbocycles. The number of hydrogen-bond acceptors (Lipinski definition) is 4. The van der Waals surface area contributed by atoms with Crippen LogP contribution in [0.15, 0.2) is 24.7 Å². The first-order valence-corrected chi connectivity index (χ1v) is 8.73. The normalized spacial score (nSPS) is 19.9. The van der Waals surface area contributed by atoms with Crippen molar-refractivity contribution in [3.63, 3.8) is 0 Å². The average molecular weight is 362 g/mol. The van der Waals surface area contributed by atoms with Gasteiger partial charge in [0.25, 0.3) is 0 Å². The van der Waals surface area contributed by atoms with Crippen LogP contribution in [0.1, 0.15) is 12.1 Å². The number of fused-ring (bicyclic) bond motifs is 1. The number of nitrogens with one attached hydrogen (secondary N) is 1. The third-order valence-electron chi connectivity index (χ3n) is 4.99. The minimum absolute atomic E-state index is 0.182. The zero-order chi connectivity index (χ0) is 18.1. The highest BCUT2D eigenvalue weighted by molar-refractivity contribution is 5.96. The highest BCUT2D eigenvalue weighted by Crippen LogP contribution is 2.31. The van der Waals surface area contributed by atoms with E-state index in [4.69, 9.17) is 4.74 Å². The van der Waals surface area contributed by atoms with Gasteiger partial charge in [0.05, 0.1) is 30.9 Å². The summed E-state index contributed by atoms with van der Waals surface area (Å²) in [6, 6.07) is 2.21. The van der Waals surface area contributed by atoms with Crippen LogP contribution < -0.4 is 10.2 Å². The van der Waals surface area contributed by atoms with Crippen LogP contribution in [0.4, 0.5) is 20.2 Å². The molecule has 0 spiro atoms. The fourth-order valence-corrected chi connectivity index (χ4v) is 3.53. The van der Waals surface area contributed by atoms with Gasteiger partial charge in [0.1, 0.15) is 0 Å². The predicted octanol–water partition coefficient (Wildman–Crippen LogP) is 2.20. The average Bonchev–Trinajstić information content (AvgIpc) is 3.13. The Morgan fingerprint density at radius 2 is 1.96 bits per heavy atom. The van der Waals surface area contributed by atoms with Crippen molar-refractivity contribution >= 4 is 17.3 Å². The maximum Gasteiger partial charge on any atom is 0.228 e. The van der Waals surface area contributed by atoms with Crippen molar-refractivity contribution in [3.8, 4) is 0 Å². The molecule has 1 atom stereocenters. The van der Waals surface area contributed by atoms with Gasteiger partial charge < -0.3 is 19.5 Å². The molecule has 1 fully saturated rings. The lowest BCUT2D eigenvalue weighted by molar-refractivity contribution is -0.120. The molecule has 2 aliphatic heterocycles. The number of halogens is 2. The third-order valence-corrected chi connectivity index (χ3v) is 4.99. The van der Waals surface area contributed by atoms with Crippen LogP contribution in [0.5, 0.6) is 0 Å². The molecule has 1 unspecified atom stereocenters. The lowest BCUT2D eigenvalue weighted by atomic mass is 9.95. The first-order valence-electron chi connectivity index (χ1n) is 8.73. The number of imidazole rings is 1. The summed E-state index contributed by atoms with van der Waals surface area (Å²) < 4.78 is 34.9. The summed E-state index contributed by atoms with van der Waals surface area (Å²) >= 11 is 0. The molecule has 0 bridgehead atoms. The van der Waals surface area contributed by atoms with Crippen LogP contribution in [-0.2, 0) is 22.5 Å². The largest absolute Gasteiger partial charge is 0.378 e. The summed E-state index contributed by atoms with van der Waals surface area (Å²) in [4.78, 5) is 18.7. The number of rotatable bonds is 3. The van der Waals surface area contributed by atoms with Gasteiger partial charge in [0.2, 0.25) is 5.91 Å². The highest BCUT2D eigenvalue weighted by atomic mass is 19.2. The van der Waals surface area contributed by atoms with Crippen molar-refractivity contribution in [3.05, 3.63) is 42.0 Å². The van der Waals surface area contributed by atoms with E-state index in [9.17, 15) is 13.6 Å². The molecule has 1 amide bonds. The first-order chi connectivity index (χ1) is 12.6. The molecule has 3 heterocycles. The quantitative estimate of drug-likeness (QED) is 0.910. The number of nitrogens with zero attached hydrogens (tertiary/aromatic N) is 3. The topological polar surface area (TPSA) is 59.4 Å². The van der Waals surface area contributed by atoms with Crippen molar-refractivity contribution in [2.24, 2.45) is 5.92 Å². The van der Waals surface area contributed by atoms with Gasteiger partial charge in [-0.1, -0.05) is 0 Å². The summed E-state index contributed by atoms with van der Waals surface area (Å²) in [5.74, 6) is -2.30. The number of anilines is 2. The van der Waals surface area contributed by atoms with E-state index in [2.05, 4.69) is 10.3 Å². The Balaban J connectivity index is 1.55. The minimum atomic E-state index is -0.973. The Morgan fingerprint density at radius 1 is 1.19 bits per heavy atom. The van der Waals surface area contributed by atoms with Gasteiger partial charge in [0.15, 0.2) is 11.6 Å². The SMILES string of the molecule is O=C(Nc1cc(F)c(F)cc1N1CCOCC1)C1CCn2cncc2C1. The van der Waals surface area contributed by atoms with Gasteiger partial charge >= 0.3 is 0 Å². The lowest BCUT2D eigenvalue weighted by Crippen LogP contribution is -2.37. The van der Waals surface area contributed by atoms with E-state index in [1.807, 2.05) is 9.47 Å². The maximum atomic E-state index is 13.8. The maximum absolute atomic E-state index is 13.8. The second-order valence-corrected chi connectivity index (χ2v) is 6.64. The van der Waals surface area contributed by atoms with Gasteiger partial charge in [-0.25, -0.2) is 13.8 Å². The number of aryl methyl sites for hydroxylation is 1. The molecule has 6 nitrogen and oxygen atoms in total. The Kier molecular flexibility index (Phi) is 4.58. The number of aromatic nitrogens is 2. The van der Waals surface area contributed by atoms with Crippen molar-refractivity contribution < 1.29 is 18.3 Å². The highest BCUT2D eigenvalue weighted by Gasteiger charge is 2.26. The minimum Gasteiger partial charge on any atom is -0.378 e. The Morgan fingerprint density at radius 3 is 2.77 bits per heavy atom. The molecule has 2 aliphatic rings. The smallest absolute Gasteiger partial charge is 0.228 e. The van der Waals surface area contributed by atoms with Gasteiger partial charge in [-0.05, 0) is 6.42 Å². The molecule has 0 aliphatic carbocycles. The molecule has 1 aromatic heterocycles. The van der Waals surface area contributed by atoms with E-state index < -0.39 is 11.6 Å². The Hall–Kier alpha value is -2.48. The number of carbonyl (C=O) groups excluding carboxylic acids is 1. The lowest BCUT2D eigenvalue weighted by Gasteiger charge is -2.31. The molecule has 26 heavy (non-hydrogen) atoms. The number of benzene rings is 1. The summed E-state index contributed by atoms with van der Waals surface area (Å²) in [7, 11) is 0. The molecule has 1 saturated heterocycles. The summed E-state index contributed by atoms with van der Waals surface area (Å²) in [6.07, 6.45) is 4.79. The number of ether oxygens (including phenoxy) is 1. The molecule has 2 aromatic rings. The van der Waals surface area contributed by atoms with E-state index in [1.165, 1.54) is 0 Å². The van der Waals surface area contributed by atoms with Crippen LogP contribution in [0.2, 0.25) is 0 Å². The zero-order valence-corrected chi connectivity index (χ0v) is 14.3. The van der Waals surface area contributed by atoms with Gasteiger partial charge in [-0.3, -0.25) is 4.79 Å². The van der Waals surface area contributed by atoms with E-state index in [1.54, 1.807) is 12.5 Å². The predicted molar refractivity (Wildman–Crippen MR) is 92.1 cm³/mol. The first kappa shape index (κ1) is 17.0. The van der Waals surface area contributed by atoms with Crippen LogP contribution >= 0.6 is 0 Å². The number of carbonyl (C=O) groups is 1. The number of hydrogen-bond donors (Lipinski definition) is 1. The van der Waals surface area contributed by atoms with Crippen LogP contribution in [0, 0.1) is 17.6 Å². The van der Waals surface area contributed by atoms with Crippen molar-refractivity contribution in [2.45, 2.75) is 19.4 Å². The fraction of sp³-hybridized carbons (Fsp3) is 0.444. The molecular weight excluding hydrogens is 342 g/mol. The summed E-state index contributed by atoms with van der Waals surface area (Å²) in [5, 5.41) is 2.81. The zero-order valence-electron chi connectivity index (χ0n) is 14.3. The van der Waals surface area contributed by atoms with E-state index >= 15 is 0 Å². The second kappa shape index (κ2) is 7.03. The molecule has 4 rings (SSSR count). The molecular formula is C18H20F2N4O2. The molecule has 1 aromatic carbocycles. The van der Waals surface area contributed by atoms with E-state index in [0.717, 1.165) is 24.4 Å².